The quantitative estimate of drug-likeness (QED) is 0.447. The first-order chi connectivity index (χ1) is 12.8. The number of hydrogen-bond acceptors (Lipinski definition) is 5. The third-order valence-electron chi connectivity index (χ3n) is 4.15. The van der Waals surface area contributed by atoms with E-state index in [1.165, 1.54) is 0 Å². The summed E-state index contributed by atoms with van der Waals surface area (Å²) in [6.07, 6.45) is -3.18. The minimum Gasteiger partial charge on any atom is -0.387 e. The van der Waals surface area contributed by atoms with Crippen LogP contribution in [0.4, 0.5) is 0 Å². The lowest BCUT2D eigenvalue weighted by molar-refractivity contribution is -0.0765. The van der Waals surface area contributed by atoms with Crippen LogP contribution in [0.3, 0.4) is 0 Å². The van der Waals surface area contributed by atoms with Gasteiger partial charge in [0.25, 0.3) is 0 Å². The fraction of sp³-hybridized carbons (Fsp3) is 0.368. The molecule has 2 aromatic rings. The molecule has 1 heterocycles. The summed E-state index contributed by atoms with van der Waals surface area (Å²) < 4.78 is 17.2. The van der Waals surface area contributed by atoms with Gasteiger partial charge in [-0.25, -0.2) is 0 Å². The zero-order valence-corrected chi connectivity index (χ0v) is 14.2. The second-order valence-electron chi connectivity index (χ2n) is 6.02. The second-order valence-corrected chi connectivity index (χ2v) is 6.02. The van der Waals surface area contributed by atoms with Gasteiger partial charge >= 0.3 is 0 Å². The normalized spacial score (nSPS) is 25.0. The molecule has 1 fully saturated rings. The molecule has 0 aromatic heterocycles. The third-order valence-corrected chi connectivity index (χ3v) is 4.15. The molecule has 136 valence electrons. The molecule has 0 saturated carbocycles. The van der Waals surface area contributed by atoms with Gasteiger partial charge in [-0.05, 0) is 16.7 Å². The van der Waals surface area contributed by atoms with Gasteiger partial charge in [0.2, 0.25) is 0 Å². The van der Waals surface area contributed by atoms with Gasteiger partial charge in [-0.1, -0.05) is 65.8 Å². The van der Waals surface area contributed by atoms with Crippen LogP contribution < -0.4 is 0 Å². The van der Waals surface area contributed by atoms with Crippen LogP contribution in [-0.4, -0.2) is 36.3 Å². The molecule has 4 atom stereocenters. The number of aliphatic hydroxyl groups excluding tert-OH is 1. The van der Waals surface area contributed by atoms with E-state index in [9.17, 15) is 5.11 Å². The lowest BCUT2D eigenvalue weighted by Crippen LogP contribution is -2.36. The van der Waals surface area contributed by atoms with Crippen LogP contribution in [0.25, 0.3) is 10.4 Å². The van der Waals surface area contributed by atoms with Gasteiger partial charge < -0.3 is 19.3 Å². The first kappa shape index (κ1) is 18.4. The number of hydrogen-bond donors (Lipinski definition) is 1. The molecule has 0 aliphatic carbocycles. The molecule has 1 saturated heterocycles. The number of azide groups is 1. The Balaban J connectivity index is 1.59. The van der Waals surface area contributed by atoms with Gasteiger partial charge in [-0.2, -0.15) is 0 Å². The highest BCUT2D eigenvalue weighted by atomic mass is 16.6. The van der Waals surface area contributed by atoms with E-state index in [1.807, 2.05) is 60.7 Å². The van der Waals surface area contributed by atoms with Gasteiger partial charge in [0.15, 0.2) is 6.23 Å². The number of nitrogens with zero attached hydrogens (tertiary/aromatic N) is 3. The molecule has 0 unspecified atom stereocenters. The van der Waals surface area contributed by atoms with Crippen molar-refractivity contribution in [3.05, 3.63) is 82.2 Å². The van der Waals surface area contributed by atoms with E-state index in [-0.39, 0.29) is 6.61 Å². The van der Waals surface area contributed by atoms with Crippen molar-refractivity contribution in [3.8, 4) is 0 Å². The van der Waals surface area contributed by atoms with Crippen LogP contribution in [0.2, 0.25) is 0 Å². The van der Waals surface area contributed by atoms with Crippen LogP contribution >= 0.6 is 0 Å². The van der Waals surface area contributed by atoms with Gasteiger partial charge in [-0.15, -0.1) is 0 Å². The SMILES string of the molecule is [N-]=[N+]=N[C@@H]1O[C@H](COCc2ccccc2)[C@@H](OCc2ccccc2)[C@H]1O. The van der Waals surface area contributed by atoms with Crippen molar-refractivity contribution >= 4 is 0 Å². The molecule has 7 nitrogen and oxygen atoms in total. The standard InChI is InChI=1S/C19H21N3O4/c20-22-21-19-17(23)18(25-12-15-9-5-2-6-10-15)16(26-19)13-24-11-14-7-3-1-4-8-14/h1-10,16-19,23H,11-13H2/t16-,17-,18-,19-/m1/s1. The highest BCUT2D eigenvalue weighted by Gasteiger charge is 2.44. The predicted octanol–water partition coefficient (Wildman–Crippen LogP) is 3.18. The fourth-order valence-corrected chi connectivity index (χ4v) is 2.84. The fourth-order valence-electron chi connectivity index (χ4n) is 2.84. The van der Waals surface area contributed by atoms with Crippen LogP contribution in [0.15, 0.2) is 65.8 Å². The Morgan fingerprint density at radius 1 is 1.00 bits per heavy atom. The maximum Gasteiger partial charge on any atom is 0.165 e. The van der Waals surface area contributed by atoms with E-state index in [0.29, 0.717) is 13.2 Å². The summed E-state index contributed by atoms with van der Waals surface area (Å²) in [5.74, 6) is 0. The van der Waals surface area contributed by atoms with E-state index < -0.39 is 24.5 Å². The number of benzene rings is 2. The van der Waals surface area contributed by atoms with Crippen molar-refractivity contribution in [3.63, 3.8) is 0 Å². The molecule has 26 heavy (non-hydrogen) atoms. The molecule has 1 N–H and O–H groups in total. The smallest absolute Gasteiger partial charge is 0.165 e. The van der Waals surface area contributed by atoms with Gasteiger partial charge in [0.1, 0.15) is 18.3 Å². The Morgan fingerprint density at radius 2 is 1.62 bits per heavy atom. The Kier molecular flexibility index (Phi) is 6.60. The van der Waals surface area contributed by atoms with E-state index in [0.717, 1.165) is 11.1 Å². The van der Waals surface area contributed by atoms with Crippen molar-refractivity contribution < 1.29 is 19.3 Å². The molecule has 0 radical (unpaired) electrons. The monoisotopic (exact) mass is 355 g/mol. The van der Waals surface area contributed by atoms with Gasteiger partial charge in [-0.3, -0.25) is 0 Å². The van der Waals surface area contributed by atoms with Crippen molar-refractivity contribution in [2.45, 2.75) is 37.8 Å². The highest BCUT2D eigenvalue weighted by molar-refractivity contribution is 5.14. The largest absolute Gasteiger partial charge is 0.387 e. The summed E-state index contributed by atoms with van der Waals surface area (Å²) in [6, 6.07) is 19.4. The molecule has 0 amide bonds. The van der Waals surface area contributed by atoms with Crippen LogP contribution in [0.5, 0.6) is 0 Å². The van der Waals surface area contributed by atoms with E-state index in [1.54, 1.807) is 0 Å². The van der Waals surface area contributed by atoms with Crippen molar-refractivity contribution in [2.75, 3.05) is 6.61 Å². The molecule has 2 aromatic carbocycles. The Bertz CT molecular complexity index is 722. The molecule has 3 rings (SSSR count). The number of aliphatic hydroxyl groups is 1. The Hall–Kier alpha value is -2.41. The first-order valence-corrected chi connectivity index (χ1v) is 8.43. The van der Waals surface area contributed by atoms with E-state index in [4.69, 9.17) is 19.7 Å². The van der Waals surface area contributed by atoms with Crippen molar-refractivity contribution in [1.82, 2.24) is 0 Å². The summed E-state index contributed by atoms with van der Waals surface area (Å²) in [5.41, 5.74) is 10.7. The minimum atomic E-state index is -1.04. The Labute approximate surface area is 151 Å². The zero-order chi connectivity index (χ0) is 18.2. The van der Waals surface area contributed by atoms with Crippen LogP contribution in [0, 0.1) is 0 Å². The van der Waals surface area contributed by atoms with Crippen LogP contribution in [0.1, 0.15) is 11.1 Å². The summed E-state index contributed by atoms with van der Waals surface area (Å²) in [4.78, 5) is 2.73. The Morgan fingerprint density at radius 3 is 2.23 bits per heavy atom. The number of ether oxygens (including phenoxy) is 3. The summed E-state index contributed by atoms with van der Waals surface area (Å²) in [5, 5.41) is 13.9. The molecule has 0 bridgehead atoms. The minimum absolute atomic E-state index is 0.225. The molecular formula is C19H21N3O4. The predicted molar refractivity (Wildman–Crippen MR) is 94.9 cm³/mol. The summed E-state index contributed by atoms with van der Waals surface area (Å²) in [6.45, 7) is 0.974. The highest BCUT2D eigenvalue weighted by Crippen LogP contribution is 2.26. The molecule has 1 aliphatic heterocycles. The molecule has 0 spiro atoms. The second kappa shape index (κ2) is 9.33. The maximum absolute atomic E-state index is 10.4. The molecular weight excluding hydrogens is 334 g/mol. The van der Waals surface area contributed by atoms with Gasteiger partial charge in [0, 0.05) is 4.91 Å². The van der Waals surface area contributed by atoms with Crippen molar-refractivity contribution in [1.29, 1.82) is 0 Å². The average molecular weight is 355 g/mol. The van der Waals surface area contributed by atoms with Crippen molar-refractivity contribution in [2.24, 2.45) is 5.11 Å². The summed E-state index contributed by atoms with van der Waals surface area (Å²) in [7, 11) is 0. The van der Waals surface area contributed by atoms with E-state index >= 15 is 0 Å². The molecule has 1 aliphatic rings. The van der Waals surface area contributed by atoms with E-state index in [2.05, 4.69) is 10.0 Å². The van der Waals surface area contributed by atoms with Gasteiger partial charge in [0.05, 0.1) is 19.8 Å². The third kappa shape index (κ3) is 4.82. The summed E-state index contributed by atoms with van der Waals surface area (Å²) >= 11 is 0. The zero-order valence-electron chi connectivity index (χ0n) is 14.2. The molecule has 7 heteroatoms. The lowest BCUT2D eigenvalue weighted by Gasteiger charge is -2.21. The maximum atomic E-state index is 10.4. The van der Waals surface area contributed by atoms with Crippen LogP contribution in [-0.2, 0) is 27.4 Å². The topological polar surface area (TPSA) is 96.7 Å². The number of rotatable bonds is 8. The first-order valence-electron chi connectivity index (χ1n) is 8.43. The lowest BCUT2D eigenvalue weighted by atomic mass is 10.1. The average Bonchev–Trinajstić information content (AvgIpc) is 2.97.